The summed E-state index contributed by atoms with van der Waals surface area (Å²) in [4.78, 5) is 27.0. The average molecular weight is 408 g/mol. The summed E-state index contributed by atoms with van der Waals surface area (Å²) >= 11 is 0. The Morgan fingerprint density at radius 2 is 1.79 bits per heavy atom. The Labute approximate surface area is 176 Å². The Kier molecular flexibility index (Phi) is 9.33. The van der Waals surface area contributed by atoms with Crippen molar-refractivity contribution in [1.82, 2.24) is 14.7 Å². The molecule has 0 aromatic carbocycles. The molecule has 0 bridgehead atoms. The fourth-order valence-corrected chi connectivity index (χ4v) is 3.02. The van der Waals surface area contributed by atoms with Crippen LogP contribution in [0.1, 0.15) is 86.3 Å². The maximum atomic E-state index is 12.8. The highest BCUT2D eigenvalue weighted by Crippen LogP contribution is 2.28. The van der Waals surface area contributed by atoms with Crippen LogP contribution < -0.4 is 11.1 Å². The molecule has 1 rings (SSSR count). The van der Waals surface area contributed by atoms with Crippen LogP contribution in [-0.2, 0) is 20.5 Å². The first-order chi connectivity index (χ1) is 13.4. The van der Waals surface area contributed by atoms with Crippen LogP contribution in [0.3, 0.4) is 0 Å². The number of carbonyl (C=O) groups is 2. The number of amides is 2. The Morgan fingerprint density at radius 1 is 1.14 bits per heavy atom. The van der Waals surface area contributed by atoms with Gasteiger partial charge in [0.05, 0.1) is 17.8 Å². The number of carbonyl (C=O) groups excluding carboxylic acids is 2. The summed E-state index contributed by atoms with van der Waals surface area (Å²) in [6, 6.07) is 1.93. The average Bonchev–Trinajstić information content (AvgIpc) is 3.02. The third kappa shape index (κ3) is 8.17. The number of unbranched alkanes of at least 4 members (excludes halogenated alkanes) is 2. The van der Waals surface area contributed by atoms with E-state index < -0.39 is 0 Å². The first-order valence-corrected chi connectivity index (χ1v) is 10.8. The zero-order valence-electron chi connectivity index (χ0n) is 19.5. The molecule has 0 atom stereocenters. The minimum Gasteiger partial charge on any atom is -0.333 e. The molecule has 0 radical (unpaired) electrons. The van der Waals surface area contributed by atoms with Crippen molar-refractivity contribution in [2.75, 3.05) is 25.0 Å². The zero-order valence-corrected chi connectivity index (χ0v) is 19.5. The maximum absolute atomic E-state index is 12.8. The summed E-state index contributed by atoms with van der Waals surface area (Å²) in [6.07, 6.45) is 3.95. The Balaban J connectivity index is 2.87. The van der Waals surface area contributed by atoms with E-state index in [1.165, 1.54) is 0 Å². The normalized spacial score (nSPS) is 12.1. The van der Waals surface area contributed by atoms with Crippen LogP contribution in [0.5, 0.6) is 0 Å². The van der Waals surface area contributed by atoms with Crippen LogP contribution in [0.2, 0.25) is 0 Å². The van der Waals surface area contributed by atoms with Crippen molar-refractivity contribution in [1.29, 1.82) is 0 Å². The summed E-state index contributed by atoms with van der Waals surface area (Å²) in [5.41, 5.74) is 6.04. The standard InChI is InChI=1S/C22H41N5O2/c1-8-14-26(20(29)12-10-9-11-13-23)16-19(28)24-18-15-17(21(2,3)4)25-27(18)22(5,6)7/h15H,8-14,16,23H2,1-7H3,(H,24,28). The second-order valence-corrected chi connectivity index (χ2v) is 9.71. The largest absolute Gasteiger partial charge is 0.333 e. The van der Waals surface area contributed by atoms with E-state index in [-0.39, 0.29) is 29.3 Å². The molecule has 0 unspecified atom stereocenters. The second kappa shape index (κ2) is 10.8. The van der Waals surface area contributed by atoms with E-state index in [2.05, 4.69) is 46.9 Å². The lowest BCUT2D eigenvalue weighted by Gasteiger charge is -2.24. The number of anilines is 1. The van der Waals surface area contributed by atoms with Crippen molar-refractivity contribution in [2.45, 2.75) is 91.5 Å². The van der Waals surface area contributed by atoms with Gasteiger partial charge >= 0.3 is 0 Å². The van der Waals surface area contributed by atoms with E-state index in [0.717, 1.165) is 31.4 Å². The summed E-state index contributed by atoms with van der Waals surface area (Å²) < 4.78 is 1.85. The minimum absolute atomic E-state index is 0.0266. The number of aromatic nitrogens is 2. The lowest BCUT2D eigenvalue weighted by atomic mass is 9.92. The molecule has 1 aromatic rings. The van der Waals surface area contributed by atoms with Gasteiger partial charge < -0.3 is 16.0 Å². The fourth-order valence-electron chi connectivity index (χ4n) is 3.02. The van der Waals surface area contributed by atoms with Crippen LogP contribution >= 0.6 is 0 Å². The molecule has 29 heavy (non-hydrogen) atoms. The molecule has 0 aliphatic rings. The quantitative estimate of drug-likeness (QED) is 0.579. The molecule has 0 saturated carbocycles. The third-order valence-corrected chi connectivity index (χ3v) is 4.66. The molecule has 0 aliphatic heterocycles. The zero-order chi connectivity index (χ0) is 22.2. The van der Waals surface area contributed by atoms with Crippen molar-refractivity contribution in [2.24, 2.45) is 5.73 Å². The van der Waals surface area contributed by atoms with Gasteiger partial charge in [-0.1, -0.05) is 34.1 Å². The first-order valence-electron chi connectivity index (χ1n) is 10.8. The summed E-state index contributed by atoms with van der Waals surface area (Å²) in [5.74, 6) is 0.498. The molecule has 7 nitrogen and oxygen atoms in total. The van der Waals surface area contributed by atoms with Gasteiger partial charge in [0, 0.05) is 24.4 Å². The molecule has 7 heteroatoms. The van der Waals surface area contributed by atoms with Gasteiger partial charge in [0.1, 0.15) is 5.82 Å². The van der Waals surface area contributed by atoms with Crippen LogP contribution in [-0.4, -0.2) is 46.1 Å². The van der Waals surface area contributed by atoms with E-state index in [1.807, 2.05) is 17.7 Å². The van der Waals surface area contributed by atoms with Crippen LogP contribution in [0.15, 0.2) is 6.07 Å². The molecular formula is C22H41N5O2. The van der Waals surface area contributed by atoms with Gasteiger partial charge in [-0.25, -0.2) is 4.68 Å². The van der Waals surface area contributed by atoms with Gasteiger partial charge in [-0.2, -0.15) is 5.10 Å². The Morgan fingerprint density at radius 3 is 2.31 bits per heavy atom. The molecular weight excluding hydrogens is 366 g/mol. The highest BCUT2D eigenvalue weighted by Gasteiger charge is 2.26. The first kappa shape index (κ1) is 25.1. The predicted octanol–water partition coefficient (Wildman–Crippen LogP) is 3.63. The minimum atomic E-state index is -0.270. The smallest absolute Gasteiger partial charge is 0.245 e. The van der Waals surface area contributed by atoms with E-state index in [9.17, 15) is 9.59 Å². The number of hydrogen-bond donors (Lipinski definition) is 2. The van der Waals surface area contributed by atoms with Crippen molar-refractivity contribution in [3.63, 3.8) is 0 Å². The van der Waals surface area contributed by atoms with Crippen molar-refractivity contribution >= 4 is 17.6 Å². The fraction of sp³-hybridized carbons (Fsp3) is 0.773. The topological polar surface area (TPSA) is 93.2 Å². The van der Waals surface area contributed by atoms with Crippen LogP contribution in [0.4, 0.5) is 5.82 Å². The number of nitrogens with one attached hydrogen (secondary N) is 1. The molecule has 0 aliphatic carbocycles. The second-order valence-electron chi connectivity index (χ2n) is 9.71. The lowest BCUT2D eigenvalue weighted by Crippen LogP contribution is -2.39. The van der Waals surface area contributed by atoms with Crippen molar-refractivity contribution in [3.05, 3.63) is 11.8 Å². The number of nitrogens with zero attached hydrogens (tertiary/aromatic N) is 3. The third-order valence-electron chi connectivity index (χ3n) is 4.66. The number of nitrogens with two attached hydrogens (primary N) is 1. The molecule has 1 heterocycles. The molecule has 0 fully saturated rings. The molecule has 2 amide bonds. The highest BCUT2D eigenvalue weighted by atomic mass is 16.2. The summed E-state index contributed by atoms with van der Waals surface area (Å²) in [6.45, 7) is 15.7. The lowest BCUT2D eigenvalue weighted by molar-refractivity contribution is -0.134. The molecule has 1 aromatic heterocycles. The molecule has 0 spiro atoms. The molecule has 3 N–H and O–H groups in total. The maximum Gasteiger partial charge on any atom is 0.245 e. The summed E-state index contributed by atoms with van der Waals surface area (Å²) in [5, 5.41) is 7.71. The monoisotopic (exact) mass is 407 g/mol. The van der Waals surface area contributed by atoms with Gasteiger partial charge in [-0.3, -0.25) is 9.59 Å². The summed E-state index contributed by atoms with van der Waals surface area (Å²) in [7, 11) is 0. The Bertz CT molecular complexity index is 668. The predicted molar refractivity (Wildman–Crippen MR) is 119 cm³/mol. The van der Waals surface area contributed by atoms with E-state index in [1.54, 1.807) is 4.90 Å². The van der Waals surface area contributed by atoms with Gasteiger partial charge in [-0.15, -0.1) is 0 Å². The van der Waals surface area contributed by atoms with Gasteiger partial charge in [0.15, 0.2) is 0 Å². The van der Waals surface area contributed by atoms with E-state index in [0.29, 0.717) is 25.3 Å². The Hall–Kier alpha value is -1.89. The van der Waals surface area contributed by atoms with Crippen molar-refractivity contribution in [3.8, 4) is 0 Å². The number of rotatable bonds is 10. The van der Waals surface area contributed by atoms with E-state index >= 15 is 0 Å². The van der Waals surface area contributed by atoms with Crippen molar-refractivity contribution < 1.29 is 9.59 Å². The van der Waals surface area contributed by atoms with Crippen LogP contribution in [0, 0.1) is 0 Å². The molecule has 166 valence electrons. The number of hydrogen-bond acceptors (Lipinski definition) is 4. The van der Waals surface area contributed by atoms with Gasteiger partial charge in [-0.05, 0) is 46.6 Å². The van der Waals surface area contributed by atoms with E-state index in [4.69, 9.17) is 10.8 Å². The van der Waals surface area contributed by atoms with Gasteiger partial charge in [0.25, 0.3) is 0 Å². The van der Waals surface area contributed by atoms with Gasteiger partial charge in [0.2, 0.25) is 11.8 Å². The highest BCUT2D eigenvalue weighted by molar-refractivity contribution is 5.94. The van der Waals surface area contributed by atoms with Crippen LogP contribution in [0.25, 0.3) is 0 Å². The molecule has 0 saturated heterocycles. The SMILES string of the molecule is CCCN(CC(=O)Nc1cc(C(C)(C)C)nn1C(C)(C)C)C(=O)CCCCCN.